The van der Waals surface area contributed by atoms with Crippen molar-refractivity contribution < 1.29 is 154 Å². The Balaban J connectivity index is 1.08. The molecule has 5 aliphatic heterocycles. The van der Waals surface area contributed by atoms with E-state index in [1.54, 1.807) is 24.8 Å². The van der Waals surface area contributed by atoms with Gasteiger partial charge < -0.3 is 155 Å². The van der Waals surface area contributed by atoms with Crippen LogP contribution < -0.4 is 16.0 Å². The third-order valence-corrected chi connectivity index (χ3v) is 16.8. The Morgan fingerprint density at radius 2 is 1.04 bits per heavy atom. The summed E-state index contributed by atoms with van der Waals surface area (Å²) in [5.74, 6) is -7.37. The molecule has 3 aromatic rings. The monoisotopic (exact) mass is 1350 g/mol. The fourth-order valence-electron chi connectivity index (χ4n) is 11.8. The summed E-state index contributed by atoms with van der Waals surface area (Å²) < 4.78 is 59.5. The van der Waals surface area contributed by atoms with Gasteiger partial charge in [-0.2, -0.15) is 0 Å². The van der Waals surface area contributed by atoms with E-state index in [0.29, 0.717) is 5.56 Å². The van der Waals surface area contributed by atoms with Crippen LogP contribution in [0.4, 0.5) is 0 Å². The molecule has 5 fully saturated rings. The van der Waals surface area contributed by atoms with Gasteiger partial charge in [-0.05, 0) is 70.3 Å². The van der Waals surface area contributed by atoms with Gasteiger partial charge in [0.05, 0.1) is 70.5 Å². The van der Waals surface area contributed by atoms with Crippen LogP contribution in [0.1, 0.15) is 25.8 Å². The Bertz CT molecular complexity index is 2830. The number of carboxylic acid groups (broad SMARTS) is 1. The minimum absolute atomic E-state index is 0.0622. The zero-order chi connectivity index (χ0) is 68.5. The maximum Gasteiger partial charge on any atom is 0.364 e. The predicted octanol–water partition coefficient (Wildman–Crippen LogP) is -9.77. The highest BCUT2D eigenvalue weighted by molar-refractivity contribution is 5.77. The van der Waals surface area contributed by atoms with Crippen LogP contribution in [0.2, 0.25) is 0 Å². The molecular formula is C58H83N5O31. The number of aliphatic carboxylic acids is 1. The molecule has 526 valence electrons. The summed E-state index contributed by atoms with van der Waals surface area (Å²) >= 11 is 0. The van der Waals surface area contributed by atoms with Crippen LogP contribution in [0.25, 0.3) is 22.3 Å². The number of ether oxygens (including phenoxy) is 10. The van der Waals surface area contributed by atoms with Gasteiger partial charge >= 0.3 is 5.97 Å². The number of aliphatic hydroxyl groups is 17. The first-order valence-electron chi connectivity index (χ1n) is 30.0. The molecule has 0 aliphatic carbocycles. The van der Waals surface area contributed by atoms with Crippen molar-refractivity contribution in [1.29, 1.82) is 0 Å². The number of nitrogens with zero attached hydrogens (tertiary/aromatic N) is 2. The number of hydrogen-bond donors (Lipinski definition) is 21. The first-order chi connectivity index (χ1) is 44.8. The van der Waals surface area contributed by atoms with E-state index in [9.17, 15) is 106 Å². The van der Waals surface area contributed by atoms with Crippen molar-refractivity contribution >= 4 is 17.8 Å². The number of amides is 2. The lowest BCUT2D eigenvalue weighted by molar-refractivity contribution is -0.403. The van der Waals surface area contributed by atoms with E-state index in [2.05, 4.69) is 25.9 Å². The van der Waals surface area contributed by atoms with Gasteiger partial charge in [0.15, 0.2) is 25.2 Å². The summed E-state index contributed by atoms with van der Waals surface area (Å²) in [7, 11) is 0. The van der Waals surface area contributed by atoms with Gasteiger partial charge in [0, 0.05) is 51.6 Å². The number of aromatic nitrogens is 2. The van der Waals surface area contributed by atoms with E-state index >= 15 is 0 Å². The zero-order valence-corrected chi connectivity index (χ0v) is 50.6. The standard InChI is InChI=1S/C58H83N5O31/c1-23(70)62-38-31(72)14-58(57(83)84,93-51(38)40(75)33(74)17-65)94-52-47(82)56(89-37(21-69)49(52)91-53-39(63-24(2)71)50(42(77)35(19-67)86-53)92-55-45(80)43(78)41(76)34(18-66)87-55)90-48-36(20-68)88-54(46(81)44(48)79)85-22-30(32(73)16-64)61-15-25-11-28(26-3-7-59-8-4-26)13-29(12-25)27-5-9-60-10-6-27/h3-13,30-56,61,64-69,72-82H,14-22H2,1-2H3,(H,62,70)(H,63,71)(H,83,84)/t30-,31-,32+,33+,34+,35+,36+,37+,38+,39+,40+,41-,42-,43-,44+,45+,46+,47+,48+,49-,50+,51+,52+,53-,54+,55-,56-,58-/m0/s1. The Morgan fingerprint density at radius 1 is 0.553 bits per heavy atom. The minimum Gasteiger partial charge on any atom is -0.477 e. The number of nitrogens with one attached hydrogen (secondary N) is 3. The first kappa shape index (κ1) is 74.6. The summed E-state index contributed by atoms with van der Waals surface area (Å²) in [6, 6.07) is 8.21. The summed E-state index contributed by atoms with van der Waals surface area (Å²) in [5, 5.41) is 205. The molecule has 2 aromatic heterocycles. The van der Waals surface area contributed by atoms with E-state index in [4.69, 9.17) is 47.4 Å². The fourth-order valence-corrected chi connectivity index (χ4v) is 11.8. The highest BCUT2D eigenvalue weighted by atomic mass is 16.8. The molecule has 36 heteroatoms. The Labute approximate surface area is 535 Å². The van der Waals surface area contributed by atoms with Crippen molar-refractivity contribution in [3.63, 3.8) is 0 Å². The molecule has 0 spiro atoms. The van der Waals surface area contributed by atoms with Gasteiger partial charge in [-0.15, -0.1) is 0 Å². The van der Waals surface area contributed by atoms with Crippen LogP contribution in [-0.4, -0.2) is 337 Å². The number of pyridine rings is 2. The molecule has 36 nitrogen and oxygen atoms in total. The number of carbonyl (C=O) groups is 3. The van der Waals surface area contributed by atoms with Gasteiger partial charge in [-0.1, -0.05) is 0 Å². The number of carbonyl (C=O) groups excluding carboxylic acids is 2. The second kappa shape index (κ2) is 33.4. The van der Waals surface area contributed by atoms with E-state index in [0.717, 1.165) is 36.1 Å². The van der Waals surface area contributed by atoms with Gasteiger partial charge in [0.1, 0.15) is 116 Å². The molecule has 28 atom stereocenters. The molecule has 5 aliphatic rings. The van der Waals surface area contributed by atoms with Crippen LogP contribution in [0.5, 0.6) is 0 Å². The average molecular weight is 1350 g/mol. The summed E-state index contributed by atoms with van der Waals surface area (Å²) in [4.78, 5) is 47.3. The fraction of sp³-hybridized carbons (Fsp3) is 0.672. The van der Waals surface area contributed by atoms with Crippen LogP contribution in [0.3, 0.4) is 0 Å². The second-order valence-electron chi connectivity index (χ2n) is 23.3. The van der Waals surface area contributed by atoms with Crippen molar-refractivity contribution in [3.8, 4) is 22.3 Å². The molecule has 94 heavy (non-hydrogen) atoms. The van der Waals surface area contributed by atoms with Crippen molar-refractivity contribution in [2.45, 2.75) is 198 Å². The maximum atomic E-state index is 13.7. The molecule has 0 radical (unpaired) electrons. The SMILES string of the molecule is CC(=O)N[C@H]1[C@H](O[C@@H]2[C@H](O[C@]3(C(=O)O)C[C@H](O)[C@@H](NC(C)=O)[C@H]([C@H](O)[C@H](O)CO)O3)[C@@H](O)[C@H](O[C@H]3[C@H](O)[C@@H](O)[C@H](OC[C@H](NCc4cc(-c5ccncc5)cc(-c5ccncc5)c4)[C@H](O)CO)O[C@@H]3CO)O[C@@H]2CO)O[C@H](CO)[C@H](O)[C@@H]1O[C@@H]1O[C@H](CO)[C@H](O)[C@H](O)[C@H]1O. The normalized spacial score (nSPS) is 37.6. The van der Waals surface area contributed by atoms with Crippen molar-refractivity contribution in [2.24, 2.45) is 0 Å². The molecule has 1 aromatic carbocycles. The first-order valence-corrected chi connectivity index (χ1v) is 30.0. The highest BCUT2D eigenvalue weighted by Gasteiger charge is 2.62. The quantitative estimate of drug-likeness (QED) is 0.0321. The van der Waals surface area contributed by atoms with E-state index < -0.39 is 242 Å². The second-order valence-corrected chi connectivity index (χ2v) is 23.3. The largest absolute Gasteiger partial charge is 0.477 e. The molecule has 21 N–H and O–H groups in total. The van der Waals surface area contributed by atoms with E-state index in [-0.39, 0.29) is 6.54 Å². The molecule has 7 heterocycles. The predicted molar refractivity (Wildman–Crippen MR) is 307 cm³/mol. The minimum atomic E-state index is -3.39. The lowest BCUT2D eigenvalue weighted by Crippen LogP contribution is -2.72. The molecule has 0 unspecified atom stereocenters. The lowest BCUT2D eigenvalue weighted by Gasteiger charge is -2.52. The Kier molecular flexibility index (Phi) is 26.5. The van der Waals surface area contributed by atoms with Crippen LogP contribution in [0, 0.1) is 0 Å². The van der Waals surface area contributed by atoms with Crippen molar-refractivity contribution in [1.82, 2.24) is 25.9 Å². The van der Waals surface area contributed by atoms with Crippen LogP contribution in [-0.2, 0) is 68.3 Å². The summed E-state index contributed by atoms with van der Waals surface area (Å²) in [6.07, 6.45) is -44.5. The van der Waals surface area contributed by atoms with Gasteiger partial charge in [0.2, 0.25) is 11.8 Å². The molecule has 8 rings (SSSR count). The van der Waals surface area contributed by atoms with Crippen LogP contribution >= 0.6 is 0 Å². The smallest absolute Gasteiger partial charge is 0.364 e. The lowest BCUT2D eigenvalue weighted by atomic mass is 9.88. The zero-order valence-electron chi connectivity index (χ0n) is 50.6. The number of rotatable bonds is 28. The van der Waals surface area contributed by atoms with E-state index in [1.807, 2.05) is 42.5 Å². The maximum absolute atomic E-state index is 13.7. The molecule has 0 saturated carbocycles. The third-order valence-electron chi connectivity index (χ3n) is 16.8. The molecule has 2 amide bonds. The third kappa shape index (κ3) is 17.0. The number of aliphatic hydroxyl groups excluding tert-OH is 17. The van der Waals surface area contributed by atoms with Crippen molar-refractivity contribution in [2.75, 3.05) is 46.2 Å². The van der Waals surface area contributed by atoms with Gasteiger partial charge in [-0.25, -0.2) is 4.79 Å². The Morgan fingerprint density at radius 3 is 1.60 bits per heavy atom. The summed E-state index contributed by atoms with van der Waals surface area (Å²) in [5.41, 5.74) is 4.01. The molecular weight excluding hydrogens is 1260 g/mol. The number of benzene rings is 1. The van der Waals surface area contributed by atoms with E-state index in [1.165, 1.54) is 0 Å². The summed E-state index contributed by atoms with van der Waals surface area (Å²) in [6.45, 7) is -4.93. The molecule has 0 bridgehead atoms. The topological polar surface area (TPSA) is 570 Å². The average Bonchev–Trinajstić information content (AvgIpc) is 0.772. The highest BCUT2D eigenvalue weighted by Crippen LogP contribution is 2.41. The van der Waals surface area contributed by atoms with Gasteiger partial charge in [-0.3, -0.25) is 19.6 Å². The molecule has 5 saturated heterocycles. The van der Waals surface area contributed by atoms with Crippen molar-refractivity contribution in [3.05, 3.63) is 72.8 Å². The van der Waals surface area contributed by atoms with Gasteiger partial charge in [0.25, 0.3) is 5.79 Å². The number of hydrogen-bond acceptors (Lipinski definition) is 33. The Hall–Kier alpha value is -5.19. The van der Waals surface area contributed by atoms with Crippen LogP contribution in [0.15, 0.2) is 67.3 Å². The number of carboxylic acids is 1.